The van der Waals surface area contributed by atoms with Crippen LogP contribution in [-0.4, -0.2) is 22.1 Å². The molecule has 23 heavy (non-hydrogen) atoms. The Balaban J connectivity index is 1.91. The predicted molar refractivity (Wildman–Crippen MR) is 93.0 cm³/mol. The van der Waals surface area contributed by atoms with Crippen LogP contribution in [0.5, 0.6) is 0 Å². The highest BCUT2D eigenvalue weighted by Gasteiger charge is 2.10. The van der Waals surface area contributed by atoms with E-state index in [9.17, 15) is 9.59 Å². The molecule has 1 aromatic carbocycles. The molecule has 0 fully saturated rings. The van der Waals surface area contributed by atoms with Crippen LogP contribution >= 0.6 is 23.4 Å². The fraction of sp³-hybridized carbons (Fsp3) is 0.312. The molecule has 2 aromatic rings. The fourth-order valence-electron chi connectivity index (χ4n) is 2.15. The second kappa shape index (κ2) is 8.17. The van der Waals surface area contributed by atoms with Gasteiger partial charge < -0.3 is 10.3 Å². The van der Waals surface area contributed by atoms with Crippen LogP contribution in [0.25, 0.3) is 0 Å². The molecule has 5 nitrogen and oxygen atoms in total. The molecule has 1 aromatic heterocycles. The number of nitrogens with one attached hydrogen (secondary N) is 2. The molecule has 1 amide bonds. The average molecular weight is 352 g/mol. The quantitative estimate of drug-likeness (QED) is 0.620. The van der Waals surface area contributed by atoms with Crippen molar-refractivity contribution in [2.24, 2.45) is 0 Å². The van der Waals surface area contributed by atoms with E-state index in [0.717, 1.165) is 5.56 Å². The lowest BCUT2D eigenvalue weighted by atomic mass is 10.1. The van der Waals surface area contributed by atoms with Gasteiger partial charge in [-0.2, -0.15) is 0 Å². The van der Waals surface area contributed by atoms with E-state index in [4.69, 9.17) is 11.6 Å². The number of hydrogen-bond donors (Lipinski definition) is 2. The summed E-state index contributed by atoms with van der Waals surface area (Å²) in [6.07, 6.45) is 2.45. The number of hydrogen-bond acceptors (Lipinski definition) is 4. The Kier molecular flexibility index (Phi) is 6.24. The molecule has 122 valence electrons. The maximum atomic E-state index is 12.0. The van der Waals surface area contributed by atoms with Gasteiger partial charge in [0.05, 0.1) is 0 Å². The molecule has 0 atom stereocenters. The Hall–Kier alpha value is -1.79. The van der Waals surface area contributed by atoms with Gasteiger partial charge in [-0.15, -0.1) is 0 Å². The number of aromatic amines is 1. The maximum Gasteiger partial charge on any atom is 0.254 e. The minimum absolute atomic E-state index is 0.113. The van der Waals surface area contributed by atoms with E-state index >= 15 is 0 Å². The molecule has 0 aliphatic heterocycles. The van der Waals surface area contributed by atoms with Crippen molar-refractivity contribution < 1.29 is 4.79 Å². The highest BCUT2D eigenvalue weighted by Crippen LogP contribution is 2.11. The summed E-state index contributed by atoms with van der Waals surface area (Å²) >= 11 is 7.28. The molecule has 0 radical (unpaired) electrons. The van der Waals surface area contributed by atoms with Crippen LogP contribution in [0.2, 0.25) is 5.02 Å². The number of halogens is 1. The average Bonchev–Trinajstić information content (AvgIpc) is 2.52. The van der Waals surface area contributed by atoms with Gasteiger partial charge in [-0.3, -0.25) is 9.59 Å². The summed E-state index contributed by atoms with van der Waals surface area (Å²) in [5.41, 5.74) is 1.98. The van der Waals surface area contributed by atoms with Crippen molar-refractivity contribution in [3.05, 3.63) is 56.5 Å². The van der Waals surface area contributed by atoms with Crippen molar-refractivity contribution in [2.75, 3.05) is 6.26 Å². The molecule has 2 rings (SSSR count). The first kappa shape index (κ1) is 17.6. The van der Waals surface area contributed by atoms with E-state index in [0.29, 0.717) is 34.4 Å². The first-order valence-electron chi connectivity index (χ1n) is 7.14. The molecule has 0 saturated heterocycles. The van der Waals surface area contributed by atoms with Crippen LogP contribution in [0.1, 0.15) is 23.2 Å². The van der Waals surface area contributed by atoms with E-state index < -0.39 is 0 Å². The van der Waals surface area contributed by atoms with Gasteiger partial charge in [0.15, 0.2) is 5.16 Å². The number of benzene rings is 1. The molecule has 0 aliphatic carbocycles. The zero-order valence-electron chi connectivity index (χ0n) is 13.0. The first-order valence-corrected chi connectivity index (χ1v) is 8.75. The van der Waals surface area contributed by atoms with Crippen molar-refractivity contribution in [2.45, 2.75) is 31.5 Å². The highest BCUT2D eigenvalue weighted by molar-refractivity contribution is 7.98. The van der Waals surface area contributed by atoms with Crippen LogP contribution in [0.4, 0.5) is 0 Å². The van der Waals surface area contributed by atoms with E-state index in [1.807, 2.05) is 24.5 Å². The number of thioether (sulfide) groups is 1. The fourth-order valence-corrected chi connectivity index (χ4v) is 2.79. The summed E-state index contributed by atoms with van der Waals surface area (Å²) in [6.45, 7) is 2.20. The van der Waals surface area contributed by atoms with Gasteiger partial charge in [-0.1, -0.05) is 35.5 Å². The van der Waals surface area contributed by atoms with Crippen molar-refractivity contribution in [1.29, 1.82) is 0 Å². The molecular weight excluding hydrogens is 334 g/mol. The van der Waals surface area contributed by atoms with E-state index in [2.05, 4.69) is 15.3 Å². The molecular formula is C16H18ClN3O2S. The third-order valence-corrected chi connectivity index (χ3v) is 4.19. The number of aryl methyl sites for hydroxylation is 1. The standard InChI is InChI=1S/C16H18ClN3O2S/c1-10-13(15(22)20-16(19-10)23-2)6-7-14(21)18-9-11-4-3-5-12(17)8-11/h3-5,8H,6-7,9H2,1-2H3,(H,18,21)(H,19,20,22). The third-order valence-electron chi connectivity index (χ3n) is 3.37. The lowest BCUT2D eigenvalue weighted by Crippen LogP contribution is -2.25. The monoisotopic (exact) mass is 351 g/mol. The topological polar surface area (TPSA) is 74.8 Å². The Bertz CT molecular complexity index is 761. The van der Waals surface area contributed by atoms with Crippen LogP contribution in [-0.2, 0) is 17.8 Å². The largest absolute Gasteiger partial charge is 0.352 e. The lowest BCUT2D eigenvalue weighted by Gasteiger charge is -2.07. The summed E-state index contributed by atoms with van der Waals surface area (Å²) < 4.78 is 0. The van der Waals surface area contributed by atoms with E-state index in [-0.39, 0.29) is 17.9 Å². The van der Waals surface area contributed by atoms with Crippen LogP contribution in [0.3, 0.4) is 0 Å². The Morgan fingerprint density at radius 2 is 2.22 bits per heavy atom. The van der Waals surface area contributed by atoms with Gasteiger partial charge in [0.25, 0.3) is 5.56 Å². The van der Waals surface area contributed by atoms with Crippen molar-refractivity contribution >= 4 is 29.3 Å². The Morgan fingerprint density at radius 3 is 2.87 bits per heavy atom. The molecule has 7 heteroatoms. The summed E-state index contributed by atoms with van der Waals surface area (Å²) in [4.78, 5) is 30.9. The van der Waals surface area contributed by atoms with Gasteiger partial charge >= 0.3 is 0 Å². The molecule has 0 bridgehead atoms. The molecule has 0 unspecified atom stereocenters. The van der Waals surface area contributed by atoms with Gasteiger partial charge in [-0.05, 0) is 37.3 Å². The molecule has 0 saturated carbocycles. The summed E-state index contributed by atoms with van der Waals surface area (Å²) in [5, 5.41) is 4.05. The van der Waals surface area contributed by atoms with Gasteiger partial charge in [0, 0.05) is 29.2 Å². The van der Waals surface area contributed by atoms with Gasteiger partial charge in [0.2, 0.25) is 5.91 Å². The second-order valence-corrected chi connectivity index (χ2v) is 6.28. The van der Waals surface area contributed by atoms with Gasteiger partial charge in [0.1, 0.15) is 0 Å². The van der Waals surface area contributed by atoms with E-state index in [1.165, 1.54) is 11.8 Å². The van der Waals surface area contributed by atoms with E-state index in [1.54, 1.807) is 13.0 Å². The minimum atomic E-state index is -0.176. The predicted octanol–water partition coefficient (Wildman–Crippen LogP) is 2.70. The molecule has 0 spiro atoms. The number of nitrogens with zero attached hydrogens (tertiary/aromatic N) is 1. The Morgan fingerprint density at radius 1 is 1.43 bits per heavy atom. The van der Waals surface area contributed by atoms with Crippen LogP contribution < -0.4 is 10.9 Å². The number of carbonyl (C=O) groups is 1. The minimum Gasteiger partial charge on any atom is -0.352 e. The number of amides is 1. The van der Waals surface area contributed by atoms with Crippen molar-refractivity contribution in [1.82, 2.24) is 15.3 Å². The second-order valence-electron chi connectivity index (χ2n) is 5.05. The third kappa shape index (κ3) is 5.11. The summed E-state index contributed by atoms with van der Waals surface area (Å²) in [7, 11) is 0. The number of rotatable bonds is 6. The Labute approximate surface area is 143 Å². The van der Waals surface area contributed by atoms with Crippen molar-refractivity contribution in [3.8, 4) is 0 Å². The SMILES string of the molecule is CSc1nc(C)c(CCC(=O)NCc2cccc(Cl)c2)c(=O)[nH]1. The smallest absolute Gasteiger partial charge is 0.254 e. The van der Waals surface area contributed by atoms with Crippen LogP contribution in [0.15, 0.2) is 34.2 Å². The zero-order valence-corrected chi connectivity index (χ0v) is 14.6. The molecule has 2 N–H and O–H groups in total. The van der Waals surface area contributed by atoms with Crippen LogP contribution in [0, 0.1) is 6.92 Å². The highest BCUT2D eigenvalue weighted by atomic mass is 35.5. The normalized spacial score (nSPS) is 10.6. The number of carbonyl (C=O) groups excluding carboxylic acids is 1. The summed E-state index contributed by atoms with van der Waals surface area (Å²) in [6, 6.07) is 7.33. The molecule has 1 heterocycles. The number of H-pyrrole nitrogens is 1. The van der Waals surface area contributed by atoms with Gasteiger partial charge in [-0.25, -0.2) is 4.98 Å². The number of aromatic nitrogens is 2. The lowest BCUT2D eigenvalue weighted by molar-refractivity contribution is -0.121. The summed E-state index contributed by atoms with van der Waals surface area (Å²) in [5.74, 6) is -0.113. The molecule has 0 aliphatic rings. The first-order chi connectivity index (χ1) is 11.0. The zero-order chi connectivity index (χ0) is 16.8. The van der Waals surface area contributed by atoms with Crippen molar-refractivity contribution in [3.63, 3.8) is 0 Å². The maximum absolute atomic E-state index is 12.0.